The van der Waals surface area contributed by atoms with Crippen molar-refractivity contribution in [1.82, 2.24) is 24.8 Å². The molecule has 2 aromatic heterocycles. The van der Waals surface area contributed by atoms with Crippen LogP contribution in [0.15, 0.2) is 73.1 Å². The van der Waals surface area contributed by atoms with Crippen molar-refractivity contribution in [1.29, 1.82) is 0 Å². The minimum Gasteiger partial charge on any atom is -0.379 e. The molecule has 0 unspecified atom stereocenters. The van der Waals surface area contributed by atoms with Crippen LogP contribution in [0.2, 0.25) is 0 Å². The van der Waals surface area contributed by atoms with Gasteiger partial charge in [-0.25, -0.2) is 9.50 Å². The van der Waals surface area contributed by atoms with Gasteiger partial charge in [0.1, 0.15) is 5.56 Å². The zero-order chi connectivity index (χ0) is 21.8. The van der Waals surface area contributed by atoms with E-state index in [4.69, 9.17) is 4.74 Å². The average Bonchev–Trinajstić information content (AvgIpc) is 3.29. The Morgan fingerprint density at radius 2 is 1.72 bits per heavy atom. The minimum atomic E-state index is -0.185. The number of rotatable bonds is 6. The van der Waals surface area contributed by atoms with Gasteiger partial charge >= 0.3 is 0 Å². The van der Waals surface area contributed by atoms with Crippen LogP contribution in [0, 0.1) is 0 Å². The lowest BCUT2D eigenvalue weighted by atomic mass is 10.1. The highest BCUT2D eigenvalue weighted by molar-refractivity contribution is 5.99. The summed E-state index contributed by atoms with van der Waals surface area (Å²) in [5.41, 5.74) is 5.25. The molecule has 0 saturated carbocycles. The number of nitrogens with zero attached hydrogens (tertiary/aromatic N) is 4. The summed E-state index contributed by atoms with van der Waals surface area (Å²) < 4.78 is 7.12. The summed E-state index contributed by atoms with van der Waals surface area (Å²) in [6.45, 7) is 4.92. The van der Waals surface area contributed by atoms with E-state index in [1.54, 1.807) is 16.9 Å². The summed E-state index contributed by atoms with van der Waals surface area (Å²) in [6.07, 6.45) is 3.29. The molecule has 0 bridgehead atoms. The van der Waals surface area contributed by atoms with E-state index in [0.29, 0.717) is 17.8 Å². The summed E-state index contributed by atoms with van der Waals surface area (Å²) in [4.78, 5) is 19.6. The van der Waals surface area contributed by atoms with Crippen molar-refractivity contribution in [3.8, 4) is 11.3 Å². The molecule has 5 rings (SSSR count). The van der Waals surface area contributed by atoms with E-state index in [0.717, 1.165) is 49.7 Å². The number of hydrogen-bond donors (Lipinski definition) is 1. The first-order chi connectivity index (χ1) is 15.8. The van der Waals surface area contributed by atoms with E-state index in [-0.39, 0.29) is 5.91 Å². The van der Waals surface area contributed by atoms with Crippen LogP contribution in [-0.2, 0) is 17.8 Å². The van der Waals surface area contributed by atoms with Gasteiger partial charge in [0.25, 0.3) is 5.91 Å². The lowest BCUT2D eigenvalue weighted by Gasteiger charge is -2.26. The monoisotopic (exact) mass is 427 g/mol. The quantitative estimate of drug-likeness (QED) is 0.512. The maximum absolute atomic E-state index is 12.8. The summed E-state index contributed by atoms with van der Waals surface area (Å²) in [5, 5.41) is 7.41. The molecule has 1 aliphatic rings. The van der Waals surface area contributed by atoms with Crippen LogP contribution in [0.1, 0.15) is 21.5 Å². The minimum absolute atomic E-state index is 0.185. The number of nitrogens with one attached hydrogen (secondary N) is 1. The smallest absolute Gasteiger partial charge is 0.257 e. The second kappa shape index (κ2) is 9.30. The first kappa shape index (κ1) is 20.4. The van der Waals surface area contributed by atoms with Crippen LogP contribution in [-0.4, -0.2) is 51.7 Å². The number of carbonyl (C=O) groups excluding carboxylic acids is 1. The standard InChI is InChI=1S/C25H25N5O2/c31-25(27-16-19-6-8-20(9-7-19)18-29-12-14-32-15-13-29)22-17-28-30-23(10-11-26-24(22)30)21-4-2-1-3-5-21/h1-11,17H,12-16,18H2,(H,27,31). The van der Waals surface area contributed by atoms with Crippen LogP contribution in [0.3, 0.4) is 0 Å². The number of carbonyl (C=O) groups is 1. The van der Waals surface area contributed by atoms with Crippen LogP contribution in [0.4, 0.5) is 0 Å². The molecule has 0 atom stereocenters. The van der Waals surface area contributed by atoms with Crippen LogP contribution >= 0.6 is 0 Å². The molecule has 1 fully saturated rings. The van der Waals surface area contributed by atoms with Gasteiger partial charge in [-0.15, -0.1) is 0 Å². The molecule has 1 N–H and O–H groups in total. The molecule has 1 aliphatic heterocycles. The predicted octanol–water partition coefficient (Wildman–Crippen LogP) is 3.16. The van der Waals surface area contributed by atoms with Crippen molar-refractivity contribution in [2.75, 3.05) is 26.3 Å². The molecule has 0 aliphatic carbocycles. The lowest BCUT2D eigenvalue weighted by Crippen LogP contribution is -2.35. The summed E-state index contributed by atoms with van der Waals surface area (Å²) >= 11 is 0. The summed E-state index contributed by atoms with van der Waals surface area (Å²) in [5.74, 6) is -0.185. The molecule has 7 heteroatoms. The van der Waals surface area contributed by atoms with Gasteiger partial charge in [0.2, 0.25) is 0 Å². The molecule has 1 amide bonds. The molecule has 0 spiro atoms. The third-order valence-corrected chi connectivity index (χ3v) is 5.70. The third-order valence-electron chi connectivity index (χ3n) is 5.70. The Morgan fingerprint density at radius 1 is 0.969 bits per heavy atom. The van der Waals surface area contributed by atoms with Crippen LogP contribution in [0.25, 0.3) is 16.9 Å². The maximum Gasteiger partial charge on any atom is 0.257 e. The highest BCUT2D eigenvalue weighted by Crippen LogP contribution is 2.20. The van der Waals surface area contributed by atoms with Crippen LogP contribution < -0.4 is 5.32 Å². The number of aromatic nitrogens is 3. The molecular weight excluding hydrogens is 402 g/mol. The molecule has 2 aromatic carbocycles. The Balaban J connectivity index is 1.25. The molecular formula is C25H25N5O2. The van der Waals surface area contributed by atoms with E-state index < -0.39 is 0 Å². The number of hydrogen-bond acceptors (Lipinski definition) is 5. The number of amides is 1. The van der Waals surface area contributed by atoms with Gasteiger partial charge in [-0.3, -0.25) is 9.69 Å². The predicted molar refractivity (Wildman–Crippen MR) is 122 cm³/mol. The molecule has 3 heterocycles. The van der Waals surface area contributed by atoms with Crippen molar-refractivity contribution >= 4 is 11.6 Å². The van der Waals surface area contributed by atoms with E-state index in [1.165, 1.54) is 5.56 Å². The van der Waals surface area contributed by atoms with Gasteiger partial charge < -0.3 is 10.1 Å². The van der Waals surface area contributed by atoms with E-state index in [1.807, 2.05) is 36.4 Å². The van der Waals surface area contributed by atoms with Crippen molar-refractivity contribution in [2.24, 2.45) is 0 Å². The lowest BCUT2D eigenvalue weighted by molar-refractivity contribution is 0.0342. The van der Waals surface area contributed by atoms with Crippen LogP contribution in [0.5, 0.6) is 0 Å². The van der Waals surface area contributed by atoms with E-state index in [2.05, 4.69) is 44.6 Å². The molecule has 0 radical (unpaired) electrons. The Bertz CT molecular complexity index is 1200. The van der Waals surface area contributed by atoms with Crippen molar-refractivity contribution in [2.45, 2.75) is 13.1 Å². The Hall–Kier alpha value is -3.55. The fraction of sp³-hybridized carbons (Fsp3) is 0.240. The fourth-order valence-electron chi connectivity index (χ4n) is 3.94. The maximum atomic E-state index is 12.8. The molecule has 162 valence electrons. The fourth-order valence-corrected chi connectivity index (χ4v) is 3.94. The largest absolute Gasteiger partial charge is 0.379 e. The topological polar surface area (TPSA) is 71.8 Å². The molecule has 1 saturated heterocycles. The van der Waals surface area contributed by atoms with Crippen molar-refractivity contribution < 1.29 is 9.53 Å². The Kier molecular flexibility index (Phi) is 5.91. The molecule has 7 nitrogen and oxygen atoms in total. The van der Waals surface area contributed by atoms with E-state index >= 15 is 0 Å². The number of ether oxygens (including phenoxy) is 1. The zero-order valence-corrected chi connectivity index (χ0v) is 17.8. The zero-order valence-electron chi connectivity index (χ0n) is 17.8. The van der Waals surface area contributed by atoms with Crippen molar-refractivity contribution in [3.63, 3.8) is 0 Å². The van der Waals surface area contributed by atoms with Gasteiger partial charge in [0.15, 0.2) is 5.65 Å². The Labute approximate surface area is 186 Å². The number of fused-ring (bicyclic) bond motifs is 1. The number of morpholine rings is 1. The second-order valence-electron chi connectivity index (χ2n) is 7.88. The van der Waals surface area contributed by atoms with Gasteiger partial charge in [0, 0.05) is 37.9 Å². The normalized spacial score (nSPS) is 14.5. The van der Waals surface area contributed by atoms with Gasteiger partial charge in [-0.05, 0) is 17.2 Å². The summed E-state index contributed by atoms with van der Waals surface area (Å²) in [6, 6.07) is 20.2. The Morgan fingerprint density at radius 3 is 2.50 bits per heavy atom. The van der Waals surface area contributed by atoms with Gasteiger partial charge in [-0.1, -0.05) is 54.6 Å². The second-order valence-corrected chi connectivity index (χ2v) is 7.88. The molecule has 4 aromatic rings. The highest BCUT2D eigenvalue weighted by atomic mass is 16.5. The molecule has 32 heavy (non-hydrogen) atoms. The first-order valence-electron chi connectivity index (χ1n) is 10.8. The SMILES string of the molecule is O=C(NCc1ccc(CN2CCOCC2)cc1)c1cnn2c(-c3ccccc3)ccnc12. The summed E-state index contributed by atoms with van der Waals surface area (Å²) in [7, 11) is 0. The van der Waals surface area contributed by atoms with Gasteiger partial charge in [-0.2, -0.15) is 5.10 Å². The van der Waals surface area contributed by atoms with E-state index in [9.17, 15) is 4.79 Å². The third kappa shape index (κ3) is 4.39. The first-order valence-corrected chi connectivity index (χ1v) is 10.8. The number of benzene rings is 2. The van der Waals surface area contributed by atoms with Crippen molar-refractivity contribution in [3.05, 3.63) is 89.7 Å². The highest BCUT2D eigenvalue weighted by Gasteiger charge is 2.16. The average molecular weight is 428 g/mol. The van der Waals surface area contributed by atoms with Gasteiger partial charge in [0.05, 0.1) is 25.1 Å².